The van der Waals surface area contributed by atoms with Gasteiger partial charge in [-0.05, 0) is 88.6 Å². The van der Waals surface area contributed by atoms with Gasteiger partial charge >= 0.3 is 0 Å². The minimum absolute atomic E-state index is 0.0699. The number of carbonyl (C=O) groups excluding carboxylic acids is 5. The molecule has 0 bridgehead atoms. The zero-order chi connectivity index (χ0) is 43.2. The van der Waals surface area contributed by atoms with Gasteiger partial charge in [-0.15, -0.1) is 0 Å². The third-order valence-corrected chi connectivity index (χ3v) is 12.0. The largest absolute Gasteiger partial charge is 0.482 e. The summed E-state index contributed by atoms with van der Waals surface area (Å²) in [5.41, 5.74) is 9.05. The fraction of sp³-hybridized carbons (Fsp3) is 0.386. The summed E-state index contributed by atoms with van der Waals surface area (Å²) < 4.78 is 22.1. The average molecular weight is 874 g/mol. The molecule has 5 amide bonds. The van der Waals surface area contributed by atoms with E-state index in [2.05, 4.69) is 32.9 Å². The predicted octanol–water partition coefficient (Wildman–Crippen LogP) is 7.69. The van der Waals surface area contributed by atoms with Crippen molar-refractivity contribution in [2.45, 2.75) is 89.3 Å². The molecular weight excluding hydrogens is 826 g/mol. The number of rotatable bonds is 16. The second kappa shape index (κ2) is 19.3. The lowest BCUT2D eigenvalue weighted by molar-refractivity contribution is -0.136. The first-order chi connectivity index (χ1) is 29.4. The van der Waals surface area contributed by atoms with Gasteiger partial charge in [0.25, 0.3) is 11.8 Å². The molecule has 17 heteroatoms. The number of nitrogens with zero attached hydrogens (tertiary/aromatic N) is 5. The topological polar surface area (TPSA) is 182 Å². The number of pyridine rings is 1. The van der Waals surface area contributed by atoms with E-state index in [0.717, 1.165) is 61.0 Å². The number of hydrogen-bond acceptors (Lipinski definition) is 10. The Labute approximate surface area is 362 Å². The van der Waals surface area contributed by atoms with E-state index < -0.39 is 41.6 Å². The van der Waals surface area contributed by atoms with Gasteiger partial charge in [0.15, 0.2) is 11.6 Å². The molecule has 0 spiro atoms. The molecule has 14 nitrogen and oxygen atoms in total. The zero-order valence-electron chi connectivity index (χ0n) is 33.7. The second-order valence-electron chi connectivity index (χ2n) is 15.4. The molecule has 5 heterocycles. The van der Waals surface area contributed by atoms with E-state index in [0.29, 0.717) is 43.1 Å². The molecule has 61 heavy (non-hydrogen) atoms. The summed E-state index contributed by atoms with van der Waals surface area (Å²) in [5, 5.41) is 10.3. The first-order valence-corrected chi connectivity index (χ1v) is 21.3. The number of piperidine rings is 2. The maximum Gasteiger partial charge on any atom is 0.264 e. The SMILES string of the molecule is CC(Oc1cc(-c2cnn(C3CCN(C(=O)CCCC/C=C/CCCNc4cccc5c4C(=O)N(C4CCC(=O)NC4=O)C5=O)CC3)c2)cnc1N)c1c(Cl)ccc(F)c1Cl. The highest BCUT2D eigenvalue weighted by atomic mass is 35.5. The summed E-state index contributed by atoms with van der Waals surface area (Å²) in [4.78, 5) is 70.5. The number of unbranched alkanes of at least 4 members (excludes halogenated alkanes) is 3. The van der Waals surface area contributed by atoms with Crippen molar-refractivity contribution >= 4 is 64.2 Å². The molecule has 2 atom stereocenters. The molecule has 3 aliphatic heterocycles. The molecule has 2 unspecified atom stereocenters. The molecule has 0 saturated carbocycles. The highest BCUT2D eigenvalue weighted by Gasteiger charge is 2.45. The smallest absolute Gasteiger partial charge is 0.264 e. The van der Waals surface area contributed by atoms with E-state index in [-0.39, 0.29) is 51.8 Å². The van der Waals surface area contributed by atoms with Crippen LogP contribution in [0, 0.1) is 5.82 Å². The van der Waals surface area contributed by atoms with Gasteiger partial charge in [0, 0.05) is 72.3 Å². The van der Waals surface area contributed by atoms with Crippen molar-refractivity contribution in [3.63, 3.8) is 0 Å². The third kappa shape index (κ3) is 9.73. The number of carbonyl (C=O) groups is 5. The first-order valence-electron chi connectivity index (χ1n) is 20.5. The van der Waals surface area contributed by atoms with Crippen molar-refractivity contribution in [1.29, 1.82) is 0 Å². The molecule has 2 aromatic carbocycles. The number of amides is 5. The Morgan fingerprint density at radius 1 is 1.02 bits per heavy atom. The van der Waals surface area contributed by atoms with Crippen LogP contribution in [0.25, 0.3) is 11.1 Å². The van der Waals surface area contributed by atoms with Gasteiger partial charge in [-0.2, -0.15) is 5.10 Å². The van der Waals surface area contributed by atoms with Crippen molar-refractivity contribution in [3.05, 3.63) is 99.7 Å². The van der Waals surface area contributed by atoms with E-state index in [4.69, 9.17) is 33.7 Å². The number of nitrogens with one attached hydrogen (secondary N) is 2. The van der Waals surface area contributed by atoms with Crippen molar-refractivity contribution in [2.75, 3.05) is 30.7 Å². The number of ether oxygens (including phenoxy) is 1. The van der Waals surface area contributed by atoms with Crippen LogP contribution in [0.5, 0.6) is 5.75 Å². The molecule has 4 N–H and O–H groups in total. The van der Waals surface area contributed by atoms with Crippen molar-refractivity contribution in [3.8, 4) is 16.9 Å². The number of nitrogen functional groups attached to an aromatic ring is 1. The second-order valence-corrected chi connectivity index (χ2v) is 16.2. The number of halogens is 3. The molecule has 2 saturated heterocycles. The summed E-state index contributed by atoms with van der Waals surface area (Å²) in [5.74, 6) is -2.07. The van der Waals surface area contributed by atoms with Crippen LogP contribution in [-0.2, 0) is 14.4 Å². The van der Waals surface area contributed by atoms with Crippen molar-refractivity contribution < 1.29 is 33.1 Å². The summed E-state index contributed by atoms with van der Waals surface area (Å²) in [6, 6.07) is 8.55. The van der Waals surface area contributed by atoms with Crippen LogP contribution in [0.4, 0.5) is 15.9 Å². The number of allylic oxidation sites excluding steroid dienone is 2. The number of benzene rings is 2. The van der Waals surface area contributed by atoms with Crippen LogP contribution >= 0.6 is 23.2 Å². The van der Waals surface area contributed by atoms with Gasteiger partial charge in [0.05, 0.1) is 28.4 Å². The lowest BCUT2D eigenvalue weighted by atomic mass is 10.0. The standard InChI is InChI=1S/C44H47Cl2FN8O6/c1-26(38-31(45)13-14-32(47)40(38)46)61-35-22-27(23-50-41(35)48)28-24-51-54(25-28)29-17-20-53(21-18-29)37(57)12-7-5-3-2-4-6-8-19-49-33-11-9-10-30-39(33)44(60)55(43(30)59)34-15-16-36(56)52-42(34)58/h2,4,9-11,13-14,22-26,29,34,49H,3,5-8,12,15-21H2,1H3,(H2,48,50)(H,52,56,58)/b4-2+. The van der Waals surface area contributed by atoms with Crippen LogP contribution in [0.1, 0.15) is 110 Å². The normalized spacial score (nSPS) is 17.5. The van der Waals surface area contributed by atoms with Crippen LogP contribution in [0.2, 0.25) is 10.0 Å². The van der Waals surface area contributed by atoms with Crippen LogP contribution in [-0.4, -0.2) is 79.8 Å². The van der Waals surface area contributed by atoms with Crippen LogP contribution in [0.15, 0.2) is 67.1 Å². The summed E-state index contributed by atoms with van der Waals surface area (Å²) >= 11 is 12.5. The summed E-state index contributed by atoms with van der Waals surface area (Å²) in [6.45, 7) is 3.60. The molecule has 3 aliphatic rings. The first kappa shape index (κ1) is 43.3. The Kier molecular flexibility index (Phi) is 13.7. The lowest BCUT2D eigenvalue weighted by Gasteiger charge is -2.32. The fourth-order valence-corrected chi connectivity index (χ4v) is 8.65. The van der Waals surface area contributed by atoms with Gasteiger partial charge in [-0.3, -0.25) is 38.9 Å². The van der Waals surface area contributed by atoms with Crippen molar-refractivity contribution in [2.24, 2.45) is 0 Å². The number of aromatic nitrogens is 3. The zero-order valence-corrected chi connectivity index (χ0v) is 35.2. The highest BCUT2D eigenvalue weighted by Crippen LogP contribution is 2.38. The van der Waals surface area contributed by atoms with Crippen LogP contribution in [0.3, 0.4) is 0 Å². The molecule has 320 valence electrons. The molecule has 0 aliphatic carbocycles. The maximum absolute atomic E-state index is 14.1. The van der Waals surface area contributed by atoms with E-state index in [1.807, 2.05) is 15.8 Å². The molecule has 2 aromatic heterocycles. The minimum Gasteiger partial charge on any atom is -0.482 e. The Balaban J connectivity index is 0.792. The average Bonchev–Trinajstić information content (AvgIpc) is 3.84. The maximum atomic E-state index is 14.1. The number of likely N-dealkylation sites (tertiary alicyclic amines) is 1. The summed E-state index contributed by atoms with van der Waals surface area (Å²) in [7, 11) is 0. The van der Waals surface area contributed by atoms with E-state index in [9.17, 15) is 28.4 Å². The summed E-state index contributed by atoms with van der Waals surface area (Å²) in [6.07, 6.45) is 15.3. The van der Waals surface area contributed by atoms with Gasteiger partial charge in [0.1, 0.15) is 18.0 Å². The molecule has 7 rings (SSSR count). The number of anilines is 2. The Bertz CT molecular complexity index is 2360. The van der Waals surface area contributed by atoms with Gasteiger partial charge < -0.3 is 20.7 Å². The minimum atomic E-state index is -1.00. The quantitative estimate of drug-likeness (QED) is 0.0437. The highest BCUT2D eigenvalue weighted by molar-refractivity contribution is 6.36. The Hall–Kier alpha value is -5.80. The van der Waals surface area contributed by atoms with E-state index in [1.54, 1.807) is 43.6 Å². The number of imide groups is 2. The molecule has 4 aromatic rings. The monoisotopic (exact) mass is 872 g/mol. The molecular formula is C44H47Cl2FN8O6. The Morgan fingerprint density at radius 2 is 1.79 bits per heavy atom. The van der Waals surface area contributed by atoms with E-state index in [1.165, 1.54) is 12.1 Å². The van der Waals surface area contributed by atoms with Crippen LogP contribution < -0.4 is 21.1 Å². The van der Waals surface area contributed by atoms with Gasteiger partial charge in [0.2, 0.25) is 17.7 Å². The van der Waals surface area contributed by atoms with Gasteiger partial charge in [-0.1, -0.05) is 41.4 Å². The third-order valence-electron chi connectivity index (χ3n) is 11.3. The van der Waals surface area contributed by atoms with E-state index >= 15 is 0 Å². The number of nitrogens with two attached hydrogens (primary N) is 1. The lowest BCUT2D eigenvalue weighted by Crippen LogP contribution is -2.54. The number of fused-ring (bicyclic) bond motifs is 1. The predicted molar refractivity (Wildman–Crippen MR) is 229 cm³/mol. The van der Waals surface area contributed by atoms with Crippen molar-refractivity contribution in [1.82, 2.24) is 29.9 Å². The molecule has 0 radical (unpaired) electrons. The Morgan fingerprint density at radius 3 is 2.56 bits per heavy atom. The van der Waals surface area contributed by atoms with Gasteiger partial charge in [-0.25, -0.2) is 9.37 Å². The number of hydrogen-bond donors (Lipinski definition) is 3. The fourth-order valence-electron chi connectivity index (χ4n) is 7.98. The molecule has 2 fully saturated rings.